The highest BCUT2D eigenvalue weighted by atomic mass is 16.5. The number of nitrogens with one attached hydrogen (secondary N) is 1. The Bertz CT molecular complexity index is 999. The number of nitrogens with zero attached hydrogens (tertiary/aromatic N) is 1. The van der Waals surface area contributed by atoms with E-state index in [1.54, 1.807) is 11.7 Å². The van der Waals surface area contributed by atoms with Gasteiger partial charge < -0.3 is 20.2 Å². The lowest BCUT2D eigenvalue weighted by molar-refractivity contribution is 0.201. The van der Waals surface area contributed by atoms with Crippen molar-refractivity contribution in [3.63, 3.8) is 0 Å². The maximum absolute atomic E-state index is 12.4. The Balaban J connectivity index is 1.60. The smallest absolute Gasteiger partial charge is 0.326 e. The van der Waals surface area contributed by atoms with Gasteiger partial charge in [0.15, 0.2) is 11.5 Å². The van der Waals surface area contributed by atoms with Crippen LogP contribution in [0.2, 0.25) is 0 Å². The molecular formula is C22H25N3O3. The van der Waals surface area contributed by atoms with Crippen LogP contribution >= 0.6 is 0 Å². The normalized spacial score (nSPS) is 14.3. The van der Waals surface area contributed by atoms with Crippen molar-refractivity contribution < 1.29 is 9.47 Å². The van der Waals surface area contributed by atoms with Crippen molar-refractivity contribution in [2.24, 2.45) is 0 Å². The molecule has 0 atom stereocenters. The van der Waals surface area contributed by atoms with Crippen LogP contribution in [0.1, 0.15) is 31.2 Å². The van der Waals surface area contributed by atoms with Crippen molar-refractivity contribution in [1.29, 1.82) is 0 Å². The fourth-order valence-corrected chi connectivity index (χ4v) is 3.64. The number of hydrogen-bond donors (Lipinski definition) is 2. The number of anilines is 1. The Kier molecular flexibility index (Phi) is 5.10. The first-order chi connectivity index (χ1) is 13.6. The second kappa shape index (κ2) is 7.84. The van der Waals surface area contributed by atoms with E-state index in [1.165, 1.54) is 12.8 Å². The molecule has 0 radical (unpaired) electrons. The Labute approximate surface area is 163 Å². The monoisotopic (exact) mass is 379 g/mol. The molecule has 28 heavy (non-hydrogen) atoms. The molecule has 1 aromatic heterocycles. The van der Waals surface area contributed by atoms with E-state index in [9.17, 15) is 4.79 Å². The second-order valence-corrected chi connectivity index (χ2v) is 7.23. The van der Waals surface area contributed by atoms with Crippen LogP contribution in [0.5, 0.6) is 11.5 Å². The number of rotatable bonds is 6. The number of aromatic amines is 1. The van der Waals surface area contributed by atoms with Crippen molar-refractivity contribution in [3.05, 3.63) is 64.7 Å². The summed E-state index contributed by atoms with van der Waals surface area (Å²) in [6, 6.07) is 13.3. The molecule has 1 heterocycles. The number of hydrogen-bond acceptors (Lipinski definition) is 4. The second-order valence-electron chi connectivity index (χ2n) is 7.23. The summed E-state index contributed by atoms with van der Waals surface area (Å²) in [5.41, 5.74) is 8.94. The first kappa shape index (κ1) is 18.2. The fourth-order valence-electron chi connectivity index (χ4n) is 3.64. The maximum Gasteiger partial charge on any atom is 0.326 e. The highest BCUT2D eigenvalue weighted by Gasteiger charge is 2.19. The van der Waals surface area contributed by atoms with Crippen LogP contribution in [0.25, 0.3) is 11.3 Å². The first-order valence-electron chi connectivity index (χ1n) is 9.61. The largest absolute Gasteiger partial charge is 0.493 e. The summed E-state index contributed by atoms with van der Waals surface area (Å²) in [4.78, 5) is 15.3. The van der Waals surface area contributed by atoms with E-state index in [0.717, 1.165) is 35.4 Å². The Morgan fingerprint density at radius 2 is 1.86 bits per heavy atom. The van der Waals surface area contributed by atoms with Crippen molar-refractivity contribution in [2.75, 3.05) is 12.8 Å². The Morgan fingerprint density at radius 3 is 2.57 bits per heavy atom. The number of nitrogens with two attached hydrogens (primary N) is 1. The molecule has 1 fully saturated rings. The van der Waals surface area contributed by atoms with E-state index >= 15 is 0 Å². The molecule has 0 spiro atoms. The van der Waals surface area contributed by atoms with Gasteiger partial charge in [0.2, 0.25) is 0 Å². The van der Waals surface area contributed by atoms with Crippen LogP contribution in [-0.2, 0) is 6.54 Å². The minimum atomic E-state index is -0.152. The molecule has 1 aliphatic carbocycles. The zero-order valence-electron chi connectivity index (χ0n) is 16.0. The van der Waals surface area contributed by atoms with Gasteiger partial charge in [-0.3, -0.25) is 4.57 Å². The third-order valence-corrected chi connectivity index (χ3v) is 5.19. The number of benzene rings is 2. The van der Waals surface area contributed by atoms with Crippen LogP contribution in [0.4, 0.5) is 5.69 Å². The minimum absolute atomic E-state index is 0.152. The van der Waals surface area contributed by atoms with Crippen LogP contribution in [0.3, 0.4) is 0 Å². The molecule has 4 rings (SSSR count). The number of imidazole rings is 1. The summed E-state index contributed by atoms with van der Waals surface area (Å²) in [7, 11) is 1.64. The standard InChI is InChI=1S/C22H25N3O3/c1-27-20-11-8-16(12-21(20)28-18-4-2-3-5-18)19-14-25(22(26)24-19)13-15-6-9-17(23)10-7-15/h6-12,14,18H,2-5,13,23H2,1H3,(H,24,26). The molecule has 3 N–H and O–H groups in total. The summed E-state index contributed by atoms with van der Waals surface area (Å²) in [6.07, 6.45) is 6.62. The molecule has 0 amide bonds. The summed E-state index contributed by atoms with van der Waals surface area (Å²) in [5, 5.41) is 0. The van der Waals surface area contributed by atoms with Gasteiger partial charge in [-0.2, -0.15) is 0 Å². The van der Waals surface area contributed by atoms with Crippen molar-refractivity contribution in [2.45, 2.75) is 38.3 Å². The van der Waals surface area contributed by atoms with E-state index in [-0.39, 0.29) is 11.8 Å². The van der Waals surface area contributed by atoms with Crippen LogP contribution in [-0.4, -0.2) is 22.8 Å². The summed E-state index contributed by atoms with van der Waals surface area (Å²) >= 11 is 0. The zero-order chi connectivity index (χ0) is 19.5. The average Bonchev–Trinajstić information content (AvgIpc) is 3.34. The fraction of sp³-hybridized carbons (Fsp3) is 0.318. The molecule has 2 aromatic carbocycles. The molecule has 1 aliphatic rings. The van der Waals surface area contributed by atoms with Gasteiger partial charge in [0.1, 0.15) is 0 Å². The number of ether oxygens (including phenoxy) is 2. The van der Waals surface area contributed by atoms with Crippen molar-refractivity contribution in [1.82, 2.24) is 9.55 Å². The van der Waals surface area contributed by atoms with Crippen LogP contribution < -0.4 is 20.9 Å². The third-order valence-electron chi connectivity index (χ3n) is 5.19. The predicted octanol–water partition coefficient (Wildman–Crippen LogP) is 3.80. The molecule has 0 bridgehead atoms. The van der Waals surface area contributed by atoms with Gasteiger partial charge >= 0.3 is 5.69 Å². The van der Waals surface area contributed by atoms with E-state index in [2.05, 4.69) is 4.98 Å². The molecule has 0 aliphatic heterocycles. The lowest BCUT2D eigenvalue weighted by atomic mass is 10.1. The van der Waals surface area contributed by atoms with E-state index < -0.39 is 0 Å². The van der Waals surface area contributed by atoms with Gasteiger partial charge in [0.05, 0.1) is 25.5 Å². The molecular weight excluding hydrogens is 354 g/mol. The molecule has 6 nitrogen and oxygen atoms in total. The highest BCUT2D eigenvalue weighted by molar-refractivity contribution is 5.63. The van der Waals surface area contributed by atoms with Crippen molar-refractivity contribution >= 4 is 5.69 Å². The molecule has 6 heteroatoms. The van der Waals surface area contributed by atoms with Gasteiger partial charge in [-0.05, 0) is 61.6 Å². The number of nitrogen functional groups attached to an aromatic ring is 1. The molecule has 1 saturated carbocycles. The van der Waals surface area contributed by atoms with Gasteiger partial charge in [-0.25, -0.2) is 4.79 Å². The number of H-pyrrole nitrogens is 1. The quantitative estimate of drug-likeness (QED) is 0.638. The van der Waals surface area contributed by atoms with Gasteiger partial charge in [0, 0.05) is 17.4 Å². The third kappa shape index (κ3) is 3.91. The lowest BCUT2D eigenvalue weighted by Gasteiger charge is -2.16. The lowest BCUT2D eigenvalue weighted by Crippen LogP contribution is -2.16. The molecule has 0 unspecified atom stereocenters. The first-order valence-corrected chi connectivity index (χ1v) is 9.61. The number of methoxy groups -OCH3 is 1. The van der Waals surface area contributed by atoms with E-state index in [1.807, 2.05) is 48.7 Å². The summed E-state index contributed by atoms with van der Waals surface area (Å²) in [5.74, 6) is 1.43. The highest BCUT2D eigenvalue weighted by Crippen LogP contribution is 2.34. The minimum Gasteiger partial charge on any atom is -0.493 e. The van der Waals surface area contributed by atoms with E-state index in [0.29, 0.717) is 18.0 Å². The zero-order valence-corrected chi connectivity index (χ0v) is 16.0. The van der Waals surface area contributed by atoms with Crippen LogP contribution in [0.15, 0.2) is 53.5 Å². The molecule has 3 aromatic rings. The molecule has 0 saturated heterocycles. The average molecular weight is 379 g/mol. The Morgan fingerprint density at radius 1 is 1.11 bits per heavy atom. The number of aromatic nitrogens is 2. The van der Waals surface area contributed by atoms with Gasteiger partial charge in [-0.15, -0.1) is 0 Å². The Hall–Kier alpha value is -3.15. The topological polar surface area (TPSA) is 82.3 Å². The SMILES string of the molecule is COc1ccc(-c2cn(Cc3ccc(N)cc3)c(=O)[nH]2)cc1OC1CCCC1. The molecule has 146 valence electrons. The van der Waals surface area contributed by atoms with Gasteiger partial charge in [0.25, 0.3) is 0 Å². The summed E-state index contributed by atoms with van der Waals surface area (Å²) in [6.45, 7) is 0.483. The van der Waals surface area contributed by atoms with Crippen LogP contribution in [0, 0.1) is 0 Å². The van der Waals surface area contributed by atoms with Gasteiger partial charge in [-0.1, -0.05) is 12.1 Å². The van der Waals surface area contributed by atoms with Crippen molar-refractivity contribution in [3.8, 4) is 22.8 Å². The summed E-state index contributed by atoms with van der Waals surface area (Å²) < 4.78 is 13.3. The predicted molar refractivity (Wildman–Crippen MR) is 110 cm³/mol. The van der Waals surface area contributed by atoms with E-state index in [4.69, 9.17) is 15.2 Å². The maximum atomic E-state index is 12.4.